The predicted molar refractivity (Wildman–Crippen MR) is 81.9 cm³/mol. The third-order valence-corrected chi connectivity index (χ3v) is 4.30. The minimum Gasteiger partial charge on any atom is -0.353 e. The van der Waals surface area contributed by atoms with Crippen molar-refractivity contribution in [3.63, 3.8) is 0 Å². The third kappa shape index (κ3) is 2.68. The van der Waals surface area contributed by atoms with Gasteiger partial charge in [-0.25, -0.2) is 4.98 Å². The van der Waals surface area contributed by atoms with Gasteiger partial charge in [-0.3, -0.25) is 4.57 Å². The zero-order chi connectivity index (χ0) is 13.2. The first-order valence-corrected chi connectivity index (χ1v) is 7.61. The minimum absolute atomic E-state index is 0.572. The lowest BCUT2D eigenvalue weighted by molar-refractivity contribution is 0.740. The van der Waals surface area contributed by atoms with Crippen LogP contribution < -0.4 is 5.32 Å². The number of nitrogens with one attached hydrogen (secondary N) is 1. The molecule has 0 aliphatic heterocycles. The van der Waals surface area contributed by atoms with Crippen molar-refractivity contribution in [2.45, 2.75) is 38.6 Å². The molecular weight excluding hydrogens is 302 g/mol. The van der Waals surface area contributed by atoms with Crippen molar-refractivity contribution in [3.8, 4) is 5.69 Å². The van der Waals surface area contributed by atoms with Gasteiger partial charge in [0.25, 0.3) is 0 Å². The summed E-state index contributed by atoms with van der Waals surface area (Å²) in [6, 6.07) is 8.81. The summed E-state index contributed by atoms with van der Waals surface area (Å²) in [5.41, 5.74) is 2.17. The summed E-state index contributed by atoms with van der Waals surface area (Å²) in [5, 5.41) is 3.59. The Morgan fingerprint density at radius 3 is 2.74 bits per heavy atom. The van der Waals surface area contributed by atoms with E-state index in [0.717, 1.165) is 21.8 Å². The van der Waals surface area contributed by atoms with Gasteiger partial charge in [0.2, 0.25) is 5.95 Å². The molecule has 0 radical (unpaired) electrons. The first-order chi connectivity index (χ1) is 9.24. The first kappa shape index (κ1) is 12.7. The molecule has 3 rings (SSSR count). The number of halogens is 1. The highest BCUT2D eigenvalue weighted by Gasteiger charge is 2.18. The van der Waals surface area contributed by atoms with Gasteiger partial charge < -0.3 is 5.32 Å². The van der Waals surface area contributed by atoms with Crippen LogP contribution in [0.25, 0.3) is 5.69 Å². The molecule has 0 saturated heterocycles. The van der Waals surface area contributed by atoms with E-state index in [0.29, 0.717) is 6.04 Å². The highest BCUT2D eigenvalue weighted by atomic mass is 79.9. The lowest BCUT2D eigenvalue weighted by atomic mass is 10.2. The molecule has 19 heavy (non-hydrogen) atoms. The maximum atomic E-state index is 4.62. The van der Waals surface area contributed by atoms with E-state index in [1.54, 1.807) is 0 Å². The molecule has 4 heteroatoms. The number of nitrogens with zero attached hydrogens (tertiary/aromatic N) is 2. The number of hydrogen-bond donors (Lipinski definition) is 1. The average molecular weight is 320 g/mol. The minimum atomic E-state index is 0.572. The Morgan fingerprint density at radius 1 is 1.26 bits per heavy atom. The molecule has 2 aromatic rings. The summed E-state index contributed by atoms with van der Waals surface area (Å²) in [7, 11) is 0. The Bertz CT molecular complexity index is 571. The number of aromatic nitrogens is 2. The van der Waals surface area contributed by atoms with Crippen molar-refractivity contribution in [2.24, 2.45) is 0 Å². The molecule has 1 aromatic carbocycles. The molecule has 3 nitrogen and oxygen atoms in total. The van der Waals surface area contributed by atoms with Gasteiger partial charge >= 0.3 is 0 Å². The van der Waals surface area contributed by atoms with Crippen LogP contribution in [0.2, 0.25) is 0 Å². The molecule has 0 atom stereocenters. The van der Waals surface area contributed by atoms with Crippen LogP contribution in [-0.2, 0) is 0 Å². The normalized spacial score (nSPS) is 15.9. The molecule has 0 bridgehead atoms. The van der Waals surface area contributed by atoms with Crippen LogP contribution >= 0.6 is 15.9 Å². The predicted octanol–water partition coefficient (Wildman–Crippen LogP) is 4.30. The van der Waals surface area contributed by atoms with Gasteiger partial charge in [0.05, 0.1) is 11.4 Å². The van der Waals surface area contributed by atoms with Gasteiger partial charge in [-0.2, -0.15) is 0 Å². The smallest absolute Gasteiger partial charge is 0.207 e. The van der Waals surface area contributed by atoms with Crippen LogP contribution in [0, 0.1) is 6.92 Å². The van der Waals surface area contributed by atoms with E-state index in [-0.39, 0.29) is 0 Å². The Balaban J connectivity index is 1.94. The van der Waals surface area contributed by atoms with Crippen LogP contribution in [-0.4, -0.2) is 15.6 Å². The summed E-state index contributed by atoms with van der Waals surface area (Å²) >= 11 is 3.61. The molecule has 0 spiro atoms. The molecule has 1 saturated carbocycles. The number of rotatable bonds is 3. The van der Waals surface area contributed by atoms with Crippen LogP contribution in [0.3, 0.4) is 0 Å². The Hall–Kier alpha value is -1.29. The van der Waals surface area contributed by atoms with E-state index in [4.69, 9.17) is 0 Å². The second-order valence-corrected chi connectivity index (χ2v) is 6.01. The van der Waals surface area contributed by atoms with Crippen LogP contribution in [0.15, 0.2) is 34.9 Å². The fourth-order valence-corrected chi connectivity index (χ4v) is 3.16. The van der Waals surface area contributed by atoms with Gasteiger partial charge in [-0.15, -0.1) is 0 Å². The van der Waals surface area contributed by atoms with Crippen molar-refractivity contribution in [1.82, 2.24) is 9.55 Å². The van der Waals surface area contributed by atoms with Gasteiger partial charge in [0, 0.05) is 16.7 Å². The zero-order valence-corrected chi connectivity index (χ0v) is 12.7. The highest BCUT2D eigenvalue weighted by molar-refractivity contribution is 9.10. The Morgan fingerprint density at radius 2 is 2.00 bits per heavy atom. The van der Waals surface area contributed by atoms with E-state index in [9.17, 15) is 0 Å². The van der Waals surface area contributed by atoms with E-state index < -0.39 is 0 Å². The van der Waals surface area contributed by atoms with Crippen molar-refractivity contribution >= 4 is 21.9 Å². The second-order valence-electron chi connectivity index (χ2n) is 5.15. The van der Waals surface area contributed by atoms with Crippen LogP contribution in [0.1, 0.15) is 31.4 Å². The molecule has 1 aromatic heterocycles. The van der Waals surface area contributed by atoms with Crippen LogP contribution in [0.5, 0.6) is 0 Å². The topological polar surface area (TPSA) is 29.9 Å². The third-order valence-electron chi connectivity index (χ3n) is 3.63. The number of imidazole rings is 1. The average Bonchev–Trinajstić information content (AvgIpc) is 3.01. The molecule has 1 aliphatic rings. The maximum Gasteiger partial charge on any atom is 0.207 e. The molecular formula is C15H18BrN3. The van der Waals surface area contributed by atoms with Gasteiger partial charge in [0.15, 0.2) is 0 Å². The van der Waals surface area contributed by atoms with E-state index in [2.05, 4.69) is 55.2 Å². The summed E-state index contributed by atoms with van der Waals surface area (Å²) < 4.78 is 3.22. The standard InChI is InChI=1S/C15H18BrN3/c1-11-10-19(14-9-5-4-8-13(14)16)15(17-11)18-12-6-2-3-7-12/h4-5,8-10,12H,2-3,6-7H2,1H3,(H,17,18). The summed E-state index contributed by atoms with van der Waals surface area (Å²) in [4.78, 5) is 4.62. The maximum absolute atomic E-state index is 4.62. The van der Waals surface area contributed by atoms with Gasteiger partial charge in [0.1, 0.15) is 0 Å². The fourth-order valence-electron chi connectivity index (χ4n) is 2.68. The van der Waals surface area contributed by atoms with Crippen LogP contribution in [0.4, 0.5) is 5.95 Å². The molecule has 0 unspecified atom stereocenters. The van der Waals surface area contributed by atoms with Gasteiger partial charge in [-0.05, 0) is 47.8 Å². The summed E-state index contributed by atoms with van der Waals surface area (Å²) in [6.07, 6.45) is 7.24. The Labute approximate surface area is 122 Å². The van der Waals surface area contributed by atoms with Crippen molar-refractivity contribution in [1.29, 1.82) is 0 Å². The van der Waals surface area contributed by atoms with Crippen molar-refractivity contribution in [3.05, 3.63) is 40.6 Å². The molecule has 1 heterocycles. The quantitative estimate of drug-likeness (QED) is 0.914. The molecule has 0 amide bonds. The van der Waals surface area contributed by atoms with Crippen molar-refractivity contribution < 1.29 is 0 Å². The first-order valence-electron chi connectivity index (χ1n) is 6.81. The second kappa shape index (κ2) is 5.37. The number of hydrogen-bond acceptors (Lipinski definition) is 2. The Kier molecular flexibility index (Phi) is 3.60. The largest absolute Gasteiger partial charge is 0.353 e. The lowest BCUT2D eigenvalue weighted by Crippen LogP contribution is -2.17. The number of anilines is 1. The monoisotopic (exact) mass is 319 g/mol. The van der Waals surface area contributed by atoms with E-state index >= 15 is 0 Å². The van der Waals surface area contributed by atoms with Crippen molar-refractivity contribution in [2.75, 3.05) is 5.32 Å². The summed E-state index contributed by atoms with van der Waals surface area (Å²) in [5.74, 6) is 0.955. The van der Waals surface area contributed by atoms with E-state index in [1.807, 2.05) is 13.0 Å². The van der Waals surface area contributed by atoms with E-state index in [1.165, 1.54) is 25.7 Å². The zero-order valence-electron chi connectivity index (χ0n) is 11.1. The molecule has 1 fully saturated rings. The number of benzene rings is 1. The lowest BCUT2D eigenvalue weighted by Gasteiger charge is -2.15. The SMILES string of the molecule is Cc1cn(-c2ccccc2Br)c(NC2CCCC2)n1. The molecule has 1 aliphatic carbocycles. The molecule has 1 N–H and O–H groups in total. The summed E-state index contributed by atoms with van der Waals surface area (Å²) in [6.45, 7) is 2.03. The fraction of sp³-hybridized carbons (Fsp3) is 0.400. The highest BCUT2D eigenvalue weighted by Crippen LogP contribution is 2.27. The number of para-hydroxylation sites is 1. The number of aryl methyl sites for hydroxylation is 1. The molecule has 100 valence electrons. The van der Waals surface area contributed by atoms with Gasteiger partial charge in [-0.1, -0.05) is 25.0 Å².